The first kappa shape index (κ1) is 31.4. The SMILES string of the molecule is COCCOCCOC(=O)N(C)Cc1ccc(-c2cc(C)c(C(=O)N3CC[C@H](NC(=O)OC(C)(C)C)C3)s2)cc1. The van der Waals surface area contributed by atoms with E-state index in [1.54, 1.807) is 19.1 Å². The van der Waals surface area contributed by atoms with Crippen LogP contribution in [0.25, 0.3) is 10.4 Å². The van der Waals surface area contributed by atoms with Crippen molar-refractivity contribution in [3.05, 3.63) is 46.3 Å². The predicted octanol–water partition coefficient (Wildman–Crippen LogP) is 4.69. The fourth-order valence-electron chi connectivity index (χ4n) is 4.17. The van der Waals surface area contributed by atoms with Crippen LogP contribution in [0, 0.1) is 6.92 Å². The van der Waals surface area contributed by atoms with E-state index in [1.165, 1.54) is 16.2 Å². The Morgan fingerprint density at radius 2 is 1.80 bits per heavy atom. The van der Waals surface area contributed by atoms with E-state index in [9.17, 15) is 14.4 Å². The van der Waals surface area contributed by atoms with Crippen molar-refractivity contribution in [3.8, 4) is 10.4 Å². The van der Waals surface area contributed by atoms with Gasteiger partial charge in [0.2, 0.25) is 0 Å². The number of aryl methyl sites for hydroxylation is 1. The monoisotopic (exact) mass is 575 g/mol. The van der Waals surface area contributed by atoms with Gasteiger partial charge in [-0.05, 0) is 56.9 Å². The van der Waals surface area contributed by atoms with Crippen LogP contribution < -0.4 is 5.32 Å². The fraction of sp³-hybridized carbons (Fsp3) is 0.552. The van der Waals surface area contributed by atoms with E-state index in [0.29, 0.717) is 50.8 Å². The zero-order valence-corrected chi connectivity index (χ0v) is 25.1. The molecule has 1 N–H and O–H groups in total. The van der Waals surface area contributed by atoms with Gasteiger partial charge < -0.3 is 34.1 Å². The molecule has 220 valence electrons. The molecule has 0 spiro atoms. The molecule has 1 atom stereocenters. The van der Waals surface area contributed by atoms with Gasteiger partial charge in [-0.25, -0.2) is 9.59 Å². The number of carbonyl (C=O) groups excluding carboxylic acids is 3. The summed E-state index contributed by atoms with van der Waals surface area (Å²) in [6.07, 6.45) is -0.188. The van der Waals surface area contributed by atoms with E-state index in [1.807, 2.05) is 58.0 Å². The van der Waals surface area contributed by atoms with Crippen LogP contribution in [0.15, 0.2) is 30.3 Å². The summed E-state index contributed by atoms with van der Waals surface area (Å²) >= 11 is 1.46. The number of benzene rings is 1. The van der Waals surface area contributed by atoms with Crippen LogP contribution in [0.2, 0.25) is 0 Å². The average Bonchev–Trinajstić information content (AvgIpc) is 3.51. The summed E-state index contributed by atoms with van der Waals surface area (Å²) < 4.78 is 20.8. The second kappa shape index (κ2) is 14.5. The highest BCUT2D eigenvalue weighted by Crippen LogP contribution is 2.33. The molecule has 1 aliphatic rings. The summed E-state index contributed by atoms with van der Waals surface area (Å²) in [4.78, 5) is 42.6. The predicted molar refractivity (Wildman–Crippen MR) is 154 cm³/mol. The third-order valence-electron chi connectivity index (χ3n) is 6.16. The molecule has 0 radical (unpaired) electrons. The molecule has 2 aromatic rings. The first-order valence-electron chi connectivity index (χ1n) is 13.4. The molecule has 3 amide bonds. The normalized spacial score (nSPS) is 15.2. The summed E-state index contributed by atoms with van der Waals surface area (Å²) in [6, 6.07) is 9.82. The second-order valence-corrected chi connectivity index (χ2v) is 11.8. The zero-order chi connectivity index (χ0) is 29.3. The number of amides is 3. The lowest BCUT2D eigenvalue weighted by Gasteiger charge is -2.22. The Balaban J connectivity index is 1.51. The molecule has 0 saturated carbocycles. The summed E-state index contributed by atoms with van der Waals surface area (Å²) in [6.45, 7) is 10.3. The van der Waals surface area contributed by atoms with Crippen LogP contribution in [0.3, 0.4) is 0 Å². The van der Waals surface area contributed by atoms with Gasteiger partial charge in [-0.15, -0.1) is 11.3 Å². The number of thiophene rings is 1. The molecule has 0 aliphatic carbocycles. The van der Waals surface area contributed by atoms with E-state index < -0.39 is 17.8 Å². The van der Waals surface area contributed by atoms with Crippen molar-refractivity contribution < 1.29 is 33.3 Å². The van der Waals surface area contributed by atoms with Gasteiger partial charge in [-0.1, -0.05) is 24.3 Å². The third kappa shape index (κ3) is 9.50. The Morgan fingerprint density at radius 1 is 1.10 bits per heavy atom. The van der Waals surface area contributed by atoms with Crippen molar-refractivity contribution in [2.24, 2.45) is 0 Å². The van der Waals surface area contributed by atoms with E-state index >= 15 is 0 Å². The Bertz CT molecular complexity index is 1140. The van der Waals surface area contributed by atoms with Gasteiger partial charge >= 0.3 is 12.2 Å². The molecule has 1 aliphatic heterocycles. The number of nitrogens with one attached hydrogen (secondary N) is 1. The first-order chi connectivity index (χ1) is 19.0. The Hall–Kier alpha value is -3.15. The van der Waals surface area contributed by atoms with Gasteiger partial charge in [-0.3, -0.25) is 4.79 Å². The van der Waals surface area contributed by atoms with Crippen molar-refractivity contribution in [3.63, 3.8) is 0 Å². The van der Waals surface area contributed by atoms with Crippen molar-refractivity contribution >= 4 is 29.4 Å². The molecule has 1 aromatic heterocycles. The number of alkyl carbamates (subject to hydrolysis) is 1. The van der Waals surface area contributed by atoms with Gasteiger partial charge in [0, 0.05) is 38.7 Å². The molecule has 1 aromatic carbocycles. The number of rotatable bonds is 11. The summed E-state index contributed by atoms with van der Waals surface area (Å²) in [7, 11) is 3.29. The van der Waals surface area contributed by atoms with Crippen molar-refractivity contribution in [2.75, 3.05) is 53.7 Å². The molecule has 1 saturated heterocycles. The van der Waals surface area contributed by atoms with Gasteiger partial charge in [0.25, 0.3) is 5.91 Å². The molecule has 0 unspecified atom stereocenters. The first-order valence-corrected chi connectivity index (χ1v) is 14.2. The minimum Gasteiger partial charge on any atom is -0.447 e. The highest BCUT2D eigenvalue weighted by molar-refractivity contribution is 7.17. The van der Waals surface area contributed by atoms with Crippen LogP contribution in [0.4, 0.5) is 9.59 Å². The molecule has 2 heterocycles. The van der Waals surface area contributed by atoms with Gasteiger partial charge in [0.05, 0.1) is 30.7 Å². The molecule has 0 bridgehead atoms. The van der Waals surface area contributed by atoms with Crippen molar-refractivity contribution in [1.29, 1.82) is 0 Å². The molecule has 3 rings (SSSR count). The average molecular weight is 576 g/mol. The lowest BCUT2D eigenvalue weighted by molar-refractivity contribution is 0.0345. The number of hydrogen-bond donors (Lipinski definition) is 1. The van der Waals surface area contributed by atoms with Crippen LogP contribution in [-0.2, 0) is 25.5 Å². The topological polar surface area (TPSA) is 107 Å². The number of likely N-dealkylation sites (tertiary alicyclic amines) is 1. The van der Waals surface area contributed by atoms with Gasteiger partial charge in [-0.2, -0.15) is 0 Å². The minimum atomic E-state index is -0.567. The van der Waals surface area contributed by atoms with E-state index in [0.717, 1.165) is 21.6 Å². The Kier molecular flexibility index (Phi) is 11.4. The highest BCUT2D eigenvalue weighted by atomic mass is 32.1. The molecular formula is C29H41N3O7S. The standard InChI is InChI=1S/C29H41N3O7S/c1-20-17-24(40-25(20)26(33)32-12-11-23(19-32)30-27(34)39-29(2,3)4)22-9-7-21(8-10-22)18-31(5)28(35)38-16-15-37-14-13-36-6/h7-10,17,23H,11-16,18-19H2,1-6H3,(H,30,34)/t23-/m0/s1. The minimum absolute atomic E-state index is 0.0249. The largest absolute Gasteiger partial charge is 0.447 e. The maximum atomic E-state index is 13.3. The second-order valence-electron chi connectivity index (χ2n) is 10.8. The maximum absolute atomic E-state index is 13.3. The molecular weight excluding hydrogens is 534 g/mol. The van der Waals surface area contributed by atoms with E-state index in [4.69, 9.17) is 18.9 Å². The van der Waals surface area contributed by atoms with Gasteiger partial charge in [0.15, 0.2) is 0 Å². The lowest BCUT2D eigenvalue weighted by Crippen LogP contribution is -2.41. The van der Waals surface area contributed by atoms with Crippen LogP contribution in [-0.4, -0.2) is 93.2 Å². The Labute approximate surface area is 240 Å². The summed E-state index contributed by atoms with van der Waals surface area (Å²) in [5.41, 5.74) is 2.32. The Morgan fingerprint density at radius 3 is 2.48 bits per heavy atom. The fourth-order valence-corrected chi connectivity index (χ4v) is 5.32. The van der Waals surface area contributed by atoms with Crippen molar-refractivity contribution in [1.82, 2.24) is 15.1 Å². The maximum Gasteiger partial charge on any atom is 0.409 e. The summed E-state index contributed by atoms with van der Waals surface area (Å²) in [5, 5.41) is 2.87. The quantitative estimate of drug-likeness (QED) is 0.387. The number of nitrogens with zero attached hydrogens (tertiary/aromatic N) is 2. The molecule has 11 heteroatoms. The van der Waals surface area contributed by atoms with E-state index in [-0.39, 0.29) is 18.6 Å². The van der Waals surface area contributed by atoms with Crippen LogP contribution in [0.5, 0.6) is 0 Å². The third-order valence-corrected chi connectivity index (χ3v) is 7.44. The van der Waals surface area contributed by atoms with Gasteiger partial charge in [0.1, 0.15) is 12.2 Å². The highest BCUT2D eigenvalue weighted by Gasteiger charge is 2.31. The van der Waals surface area contributed by atoms with Crippen LogP contribution in [0.1, 0.15) is 48.0 Å². The zero-order valence-electron chi connectivity index (χ0n) is 24.3. The summed E-state index contributed by atoms with van der Waals surface area (Å²) in [5.74, 6) is -0.0249. The number of carbonyl (C=O) groups is 3. The molecule has 10 nitrogen and oxygen atoms in total. The molecule has 1 fully saturated rings. The lowest BCUT2D eigenvalue weighted by atomic mass is 10.1. The smallest absolute Gasteiger partial charge is 0.409 e. The number of ether oxygens (including phenoxy) is 4. The number of hydrogen-bond acceptors (Lipinski definition) is 8. The van der Waals surface area contributed by atoms with Crippen LogP contribution >= 0.6 is 11.3 Å². The number of methoxy groups -OCH3 is 1. The molecule has 40 heavy (non-hydrogen) atoms. The van der Waals surface area contributed by atoms with E-state index in [2.05, 4.69) is 5.32 Å². The van der Waals surface area contributed by atoms with Crippen molar-refractivity contribution in [2.45, 2.75) is 52.3 Å².